The molecule has 1 rings (SSSR count). The lowest BCUT2D eigenvalue weighted by Gasteiger charge is -2.07. The predicted octanol–water partition coefficient (Wildman–Crippen LogP) is 3.58. The van der Waals surface area contributed by atoms with Crippen LogP contribution in [0.25, 0.3) is 0 Å². The van der Waals surface area contributed by atoms with Gasteiger partial charge in [-0.3, -0.25) is 4.79 Å². The molecule has 3 heteroatoms. The van der Waals surface area contributed by atoms with Crippen LogP contribution in [0.5, 0.6) is 0 Å². The summed E-state index contributed by atoms with van der Waals surface area (Å²) in [4.78, 5) is 11.3. The molecule has 0 spiro atoms. The Hall–Kier alpha value is 0.100. The molecule has 0 heterocycles. The highest BCUT2D eigenvalue weighted by atomic mass is 127. The van der Waals surface area contributed by atoms with Gasteiger partial charge in [-0.25, -0.2) is 0 Å². The lowest BCUT2D eigenvalue weighted by Crippen LogP contribution is -2.15. The molecule has 1 aromatic rings. The average molecular weight is 367 g/mol. The van der Waals surface area contributed by atoms with E-state index in [-0.39, 0.29) is 10.6 Å². The van der Waals surface area contributed by atoms with Crippen LogP contribution in [0, 0.1) is 3.57 Å². The summed E-state index contributed by atoms with van der Waals surface area (Å²) >= 11 is 5.69. The number of benzene rings is 1. The molecule has 0 radical (unpaired) electrons. The van der Waals surface area contributed by atoms with E-state index in [1.54, 1.807) is 0 Å². The van der Waals surface area contributed by atoms with Gasteiger partial charge < -0.3 is 0 Å². The number of rotatable bonds is 4. The van der Waals surface area contributed by atoms with Crippen molar-refractivity contribution in [2.75, 3.05) is 0 Å². The van der Waals surface area contributed by atoms with Crippen molar-refractivity contribution in [2.24, 2.45) is 0 Å². The van der Waals surface area contributed by atoms with Crippen molar-refractivity contribution in [3.8, 4) is 0 Å². The largest absolute Gasteiger partial charge is 0.298 e. The minimum absolute atomic E-state index is 0.0364. The second-order valence-corrected chi connectivity index (χ2v) is 5.47. The molecule has 0 saturated carbocycles. The molecule has 1 nitrogen and oxygen atoms in total. The van der Waals surface area contributed by atoms with Gasteiger partial charge in [0.2, 0.25) is 0 Å². The molecule has 0 aliphatic carbocycles. The summed E-state index contributed by atoms with van der Waals surface area (Å²) in [6.07, 6.45) is 1.38. The lowest BCUT2D eigenvalue weighted by molar-refractivity contribution is -0.118. The first-order chi connectivity index (χ1) is 6.63. The van der Waals surface area contributed by atoms with Crippen molar-refractivity contribution in [1.82, 2.24) is 0 Å². The number of halogens is 2. The summed E-state index contributed by atoms with van der Waals surface area (Å²) in [5, 5.41) is 0. The summed E-state index contributed by atoms with van der Waals surface area (Å²) in [7, 11) is 0. The van der Waals surface area contributed by atoms with Gasteiger partial charge in [-0.05, 0) is 46.7 Å². The van der Waals surface area contributed by atoms with Crippen molar-refractivity contribution >= 4 is 44.3 Å². The topological polar surface area (TPSA) is 17.1 Å². The molecule has 0 saturated heterocycles. The van der Waals surface area contributed by atoms with Crippen molar-refractivity contribution in [3.05, 3.63) is 33.4 Å². The highest BCUT2D eigenvalue weighted by Gasteiger charge is 2.12. The van der Waals surface area contributed by atoms with Crippen molar-refractivity contribution < 1.29 is 4.79 Å². The lowest BCUT2D eigenvalue weighted by atomic mass is 10.1. The highest BCUT2D eigenvalue weighted by molar-refractivity contribution is 14.1. The first kappa shape index (κ1) is 12.2. The maximum Gasteiger partial charge on any atom is 0.146 e. The molecule has 1 atom stereocenters. The van der Waals surface area contributed by atoms with Gasteiger partial charge in [-0.15, -0.1) is 0 Å². The van der Waals surface area contributed by atoms with Crippen LogP contribution in [0.3, 0.4) is 0 Å². The minimum Gasteiger partial charge on any atom is -0.298 e. The van der Waals surface area contributed by atoms with E-state index in [0.717, 1.165) is 6.42 Å². The maximum absolute atomic E-state index is 11.4. The van der Waals surface area contributed by atoms with E-state index in [9.17, 15) is 4.79 Å². The summed E-state index contributed by atoms with van der Waals surface area (Å²) in [5.41, 5.74) is 1.21. The number of ketones is 1. The molecule has 0 amide bonds. The van der Waals surface area contributed by atoms with Crippen LogP contribution in [0.15, 0.2) is 24.3 Å². The Bertz CT molecular complexity index is 325. The summed E-state index contributed by atoms with van der Waals surface area (Å²) in [5.74, 6) is 0.267. The van der Waals surface area contributed by atoms with E-state index in [0.29, 0.717) is 6.42 Å². The fourth-order valence-corrected chi connectivity index (χ4v) is 2.51. The third-order valence-electron chi connectivity index (χ3n) is 2.00. The molecule has 0 aliphatic rings. The molecule has 0 bridgehead atoms. The van der Waals surface area contributed by atoms with Gasteiger partial charge in [-0.1, -0.05) is 35.0 Å². The number of hydrogen-bond donors (Lipinski definition) is 0. The predicted molar refractivity (Wildman–Crippen MR) is 70.9 cm³/mol. The van der Waals surface area contributed by atoms with Gasteiger partial charge in [-0.2, -0.15) is 0 Å². The van der Waals surface area contributed by atoms with Crippen molar-refractivity contribution in [2.45, 2.75) is 24.6 Å². The Morgan fingerprint density at radius 2 is 2.29 bits per heavy atom. The third kappa shape index (κ3) is 3.69. The van der Waals surface area contributed by atoms with E-state index in [1.165, 1.54) is 9.13 Å². The van der Waals surface area contributed by atoms with E-state index < -0.39 is 0 Å². The highest BCUT2D eigenvalue weighted by Crippen LogP contribution is 2.14. The second-order valence-electron chi connectivity index (χ2n) is 3.12. The monoisotopic (exact) mass is 366 g/mol. The van der Waals surface area contributed by atoms with Crippen molar-refractivity contribution in [3.63, 3.8) is 0 Å². The third-order valence-corrected chi connectivity index (χ3v) is 3.51. The van der Waals surface area contributed by atoms with Gasteiger partial charge in [0.15, 0.2) is 0 Å². The first-order valence-electron chi connectivity index (χ1n) is 4.54. The van der Waals surface area contributed by atoms with E-state index in [1.807, 2.05) is 13.0 Å². The second kappa shape index (κ2) is 5.85. The van der Waals surface area contributed by atoms with Gasteiger partial charge >= 0.3 is 0 Å². The standard InChI is InChI=1S/C11H12BrIO/c1-2-11(14)10(12)7-8-4-3-5-9(13)6-8/h3-6,10H,2,7H2,1H3. The number of alkyl halides is 1. The molecule has 0 aliphatic heterocycles. The van der Waals surface area contributed by atoms with E-state index >= 15 is 0 Å². The van der Waals surface area contributed by atoms with Crippen LogP contribution in [0.2, 0.25) is 0 Å². The maximum atomic E-state index is 11.4. The Morgan fingerprint density at radius 1 is 1.57 bits per heavy atom. The summed E-state index contributed by atoms with van der Waals surface area (Å²) < 4.78 is 1.21. The zero-order valence-corrected chi connectivity index (χ0v) is 11.7. The fraction of sp³-hybridized carbons (Fsp3) is 0.364. The van der Waals surface area contributed by atoms with Crippen LogP contribution in [0.1, 0.15) is 18.9 Å². The summed E-state index contributed by atoms with van der Waals surface area (Å²) in [6.45, 7) is 1.89. The molecule has 1 aromatic carbocycles. The van der Waals surface area contributed by atoms with E-state index in [2.05, 4.69) is 56.7 Å². The van der Waals surface area contributed by atoms with Crippen LogP contribution in [0.4, 0.5) is 0 Å². The van der Waals surface area contributed by atoms with Gasteiger partial charge in [0.1, 0.15) is 5.78 Å². The Labute approximate surface area is 107 Å². The molecular weight excluding hydrogens is 355 g/mol. The zero-order chi connectivity index (χ0) is 10.6. The van der Waals surface area contributed by atoms with Crippen molar-refractivity contribution in [1.29, 1.82) is 0 Å². The first-order valence-corrected chi connectivity index (χ1v) is 6.54. The molecule has 0 aromatic heterocycles. The molecule has 14 heavy (non-hydrogen) atoms. The SMILES string of the molecule is CCC(=O)C(Br)Cc1cccc(I)c1. The quantitative estimate of drug-likeness (QED) is 0.588. The number of Topliss-reactive ketones (excluding diaryl/α,β-unsaturated/α-hetero) is 1. The molecule has 76 valence electrons. The van der Waals surface area contributed by atoms with Gasteiger partial charge in [0, 0.05) is 9.99 Å². The molecule has 0 N–H and O–H groups in total. The van der Waals surface area contributed by atoms with Crippen LogP contribution in [-0.2, 0) is 11.2 Å². The summed E-state index contributed by atoms with van der Waals surface area (Å²) in [6, 6.07) is 8.24. The number of carbonyl (C=O) groups excluding carboxylic acids is 1. The zero-order valence-electron chi connectivity index (χ0n) is 7.97. The Balaban J connectivity index is 2.64. The number of hydrogen-bond acceptors (Lipinski definition) is 1. The minimum atomic E-state index is -0.0364. The molecular formula is C11H12BrIO. The fourth-order valence-electron chi connectivity index (χ4n) is 1.21. The van der Waals surface area contributed by atoms with E-state index in [4.69, 9.17) is 0 Å². The van der Waals surface area contributed by atoms with Gasteiger partial charge in [0.25, 0.3) is 0 Å². The van der Waals surface area contributed by atoms with Crippen LogP contribution >= 0.6 is 38.5 Å². The molecule has 1 unspecified atom stereocenters. The smallest absolute Gasteiger partial charge is 0.146 e. The average Bonchev–Trinajstić information content (AvgIpc) is 2.16. The number of carbonyl (C=O) groups is 1. The van der Waals surface area contributed by atoms with Crippen LogP contribution < -0.4 is 0 Å². The Morgan fingerprint density at radius 3 is 2.86 bits per heavy atom. The van der Waals surface area contributed by atoms with Crippen LogP contribution in [-0.4, -0.2) is 10.6 Å². The van der Waals surface area contributed by atoms with Gasteiger partial charge in [0.05, 0.1) is 4.83 Å². The molecule has 0 fully saturated rings. The normalized spacial score (nSPS) is 12.5. The Kier molecular flexibility index (Phi) is 5.09.